The van der Waals surface area contributed by atoms with Gasteiger partial charge in [-0.15, -0.1) is 0 Å². The number of carbonyl (C=O) groups excluding carboxylic acids is 7. The maximum absolute atomic E-state index is 16.6. The summed E-state index contributed by atoms with van der Waals surface area (Å²) in [6.45, 7) is 19.8. The summed E-state index contributed by atoms with van der Waals surface area (Å²) in [5.74, 6) is -7.99. The largest absolute Gasteiger partial charge is 0.495 e. The van der Waals surface area contributed by atoms with Gasteiger partial charge in [0.05, 0.1) is 37.5 Å². The number of nitrogens with zero attached hydrogens (tertiary/aromatic N) is 4. The van der Waals surface area contributed by atoms with E-state index in [1.165, 1.54) is 13.2 Å². The van der Waals surface area contributed by atoms with Gasteiger partial charge >= 0.3 is 43.1 Å². The number of aliphatic imine (C=N–C) groups is 1. The van der Waals surface area contributed by atoms with E-state index in [4.69, 9.17) is 33.0 Å². The number of urea groups is 1. The van der Waals surface area contributed by atoms with E-state index in [1.54, 1.807) is 86.6 Å². The first kappa shape index (κ1) is 61.2. The number of alkyl carbamates (subject to hydrolysis) is 2. The van der Waals surface area contributed by atoms with Gasteiger partial charge in [-0.05, 0) is 123 Å². The molecule has 1 unspecified atom stereocenters. The maximum atomic E-state index is 16.6. The number of nitrogens with one attached hydrogen (secondary N) is 4. The number of carbonyl (C=O) groups is 7. The van der Waals surface area contributed by atoms with Gasteiger partial charge in [0.1, 0.15) is 52.0 Å². The van der Waals surface area contributed by atoms with Crippen LogP contribution < -0.4 is 30.7 Å². The van der Waals surface area contributed by atoms with Gasteiger partial charge in [0.25, 0.3) is 0 Å². The molecule has 7 amide bonds. The number of ether oxygens (including phenoxy) is 5. The number of rotatable bonds is 15. The number of guanidine groups is 1. The Morgan fingerprint density at radius 3 is 2.07 bits per heavy atom. The monoisotopic (exact) mass is 1130 g/mol. The number of methoxy groups -OCH3 is 1. The fourth-order valence-corrected chi connectivity index (χ4v) is 10.5. The summed E-state index contributed by atoms with van der Waals surface area (Å²) in [6, 6.07) is 9.15. The van der Waals surface area contributed by atoms with Crippen molar-refractivity contribution < 1.29 is 75.3 Å². The van der Waals surface area contributed by atoms with E-state index in [-0.39, 0.29) is 67.0 Å². The lowest BCUT2D eigenvalue weighted by molar-refractivity contribution is -0.199. The number of amides is 7. The Bertz CT molecular complexity index is 2900. The van der Waals surface area contributed by atoms with Crippen molar-refractivity contribution in [3.8, 4) is 11.5 Å². The highest BCUT2D eigenvalue weighted by atomic mass is 19.1. The molecular formula is C56H73BF2N8O14. The number of pyridine rings is 1. The molecule has 4 N–H and O–H groups in total. The van der Waals surface area contributed by atoms with E-state index in [1.807, 2.05) is 13.0 Å². The maximum Gasteiger partial charge on any atom is 0.482 e. The predicted molar refractivity (Wildman–Crippen MR) is 289 cm³/mol. The first-order chi connectivity index (χ1) is 37.8. The third-order valence-electron chi connectivity index (χ3n) is 14.4. The summed E-state index contributed by atoms with van der Waals surface area (Å²) in [5.41, 5.74) is -3.89. The topological polar surface area (TPSA) is 264 Å². The highest BCUT2D eigenvalue weighted by Gasteiger charge is 2.68. The molecule has 0 radical (unpaired) electrons. The van der Waals surface area contributed by atoms with Gasteiger partial charge in [-0.25, -0.2) is 28.0 Å². The van der Waals surface area contributed by atoms with Crippen molar-refractivity contribution in [3.63, 3.8) is 0 Å². The van der Waals surface area contributed by atoms with Gasteiger partial charge in [0.15, 0.2) is 11.9 Å². The van der Waals surface area contributed by atoms with Crippen molar-refractivity contribution in [2.45, 2.75) is 149 Å². The highest BCUT2D eigenvalue weighted by Crippen LogP contribution is 2.65. The van der Waals surface area contributed by atoms with Gasteiger partial charge in [-0.3, -0.25) is 39.9 Å². The molecule has 8 rings (SSSR count). The minimum atomic E-state index is -2.02. The van der Waals surface area contributed by atoms with Gasteiger partial charge in [-0.1, -0.05) is 50.2 Å². The number of esters is 1. The first-order valence-corrected chi connectivity index (χ1v) is 26.8. The Labute approximate surface area is 470 Å². The van der Waals surface area contributed by atoms with Crippen LogP contribution in [0.15, 0.2) is 59.7 Å². The molecule has 2 aromatic carbocycles. The molecule has 2 saturated heterocycles. The number of hydrogen-bond donors (Lipinski definition) is 4. The van der Waals surface area contributed by atoms with Crippen LogP contribution in [0.5, 0.6) is 11.5 Å². The third kappa shape index (κ3) is 14.8. The lowest BCUT2D eigenvalue weighted by Gasteiger charge is -2.64. The van der Waals surface area contributed by atoms with Crippen LogP contribution in [-0.2, 0) is 50.9 Å². The summed E-state index contributed by atoms with van der Waals surface area (Å²) in [7, 11) is 0.0328. The first-order valence-electron chi connectivity index (χ1n) is 26.8. The SMILES string of the molecule is COc1c(C[C@H](NC(=O)C(NC(=O)N2CCN(CCN=C(NC(=O)OC(C)(C)C)NC(=O)OC(C)(C)C)C(=O)C2=O)c2ncc(OCc3ccccc3)cc2F)B2O[C@@H]3C[C@@H]4C[C@@H](C4(C)C)[C@]3(C)O2)ccc(F)c1C(=O)OC(C)(C)C. The Morgan fingerprint density at radius 2 is 1.48 bits per heavy atom. The second-order valence-corrected chi connectivity index (χ2v) is 24.2. The second-order valence-electron chi connectivity index (χ2n) is 24.2. The summed E-state index contributed by atoms with van der Waals surface area (Å²) < 4.78 is 73.4. The average molecular weight is 1130 g/mol. The number of piperazine rings is 1. The molecule has 3 saturated carbocycles. The van der Waals surface area contributed by atoms with Crippen LogP contribution in [-0.4, -0.2) is 138 Å². The average Bonchev–Trinajstić information content (AvgIpc) is 3.99. The van der Waals surface area contributed by atoms with E-state index in [0.29, 0.717) is 17.2 Å². The van der Waals surface area contributed by atoms with Gasteiger partial charge in [0.2, 0.25) is 11.9 Å². The molecule has 2 bridgehead atoms. The minimum Gasteiger partial charge on any atom is -0.495 e. The van der Waals surface area contributed by atoms with Crippen LogP contribution >= 0.6 is 0 Å². The van der Waals surface area contributed by atoms with Gasteiger partial charge < -0.3 is 48.5 Å². The molecule has 438 valence electrons. The van der Waals surface area contributed by atoms with E-state index >= 15 is 13.6 Å². The molecule has 2 aliphatic heterocycles. The zero-order valence-corrected chi connectivity index (χ0v) is 48.1. The quantitative estimate of drug-likeness (QED) is 0.0307. The molecule has 6 atom stereocenters. The van der Waals surface area contributed by atoms with Crippen LogP contribution in [0.3, 0.4) is 0 Å². The molecule has 1 aromatic heterocycles. The molecule has 81 heavy (non-hydrogen) atoms. The van der Waals surface area contributed by atoms with Crippen molar-refractivity contribution in [2.75, 3.05) is 33.3 Å². The number of benzene rings is 2. The summed E-state index contributed by atoms with van der Waals surface area (Å²) in [4.78, 5) is 106. The zero-order chi connectivity index (χ0) is 59.6. The van der Waals surface area contributed by atoms with E-state index < -0.39 is 119 Å². The summed E-state index contributed by atoms with van der Waals surface area (Å²) in [6.07, 6.45) is 0.120. The molecule has 5 aliphatic rings. The smallest absolute Gasteiger partial charge is 0.482 e. The Morgan fingerprint density at radius 1 is 0.840 bits per heavy atom. The third-order valence-corrected chi connectivity index (χ3v) is 14.4. The normalized spacial score (nSPS) is 21.1. The van der Waals surface area contributed by atoms with Crippen molar-refractivity contribution in [1.29, 1.82) is 0 Å². The number of aromatic nitrogens is 1. The number of imide groups is 1. The summed E-state index contributed by atoms with van der Waals surface area (Å²) >= 11 is 0. The molecule has 3 heterocycles. The van der Waals surface area contributed by atoms with Crippen molar-refractivity contribution in [1.82, 2.24) is 36.1 Å². The lowest BCUT2D eigenvalue weighted by Crippen LogP contribution is -2.65. The lowest BCUT2D eigenvalue weighted by atomic mass is 9.43. The van der Waals surface area contributed by atoms with Gasteiger partial charge in [0, 0.05) is 25.7 Å². The molecule has 3 aliphatic carbocycles. The zero-order valence-electron chi connectivity index (χ0n) is 48.1. The number of halogens is 2. The summed E-state index contributed by atoms with van der Waals surface area (Å²) in [5, 5.41) is 9.96. The van der Waals surface area contributed by atoms with Crippen LogP contribution in [0.25, 0.3) is 0 Å². The Kier molecular flexibility index (Phi) is 18.1. The molecule has 5 fully saturated rings. The standard InChI is InChI=1S/C56H73BF2N8O14/c1-52(2,3)77-47(71)40-35(58)20-19-32(43(40)75-13)25-39(57-80-38-27-33-26-37(55(33,10)11)56(38,12)81-57)62-44(68)42(41-36(59)28-34(29-61-41)76-30-31-17-15-14-16-18-31)63-49(72)67-24-23-66(45(69)46(67)70)22-21-60-48(64-50(73)78-53(4,5)6)65-51(74)79-54(7,8)9/h14-20,28-29,33,37-39,42H,21-27,30H2,1-13H3,(H,62,68)(H,63,72)(H2,60,64,65,73,74)/t33-,37-,38+,39-,42?,56-/m0/s1. The molecular weight excluding hydrogens is 1060 g/mol. The highest BCUT2D eigenvalue weighted by molar-refractivity contribution is 6.48. The van der Waals surface area contributed by atoms with E-state index in [9.17, 15) is 28.8 Å². The minimum absolute atomic E-state index is 0.0211. The number of hydrogen-bond acceptors (Lipinski definition) is 16. The molecule has 22 nitrogen and oxygen atoms in total. The second kappa shape index (κ2) is 24.0. The van der Waals surface area contributed by atoms with Crippen molar-refractivity contribution in [2.24, 2.45) is 22.2 Å². The molecule has 0 spiro atoms. The fourth-order valence-electron chi connectivity index (χ4n) is 10.5. The van der Waals surface area contributed by atoms with E-state index in [0.717, 1.165) is 35.2 Å². The van der Waals surface area contributed by atoms with Crippen LogP contribution in [0, 0.1) is 28.9 Å². The van der Waals surface area contributed by atoms with Crippen molar-refractivity contribution in [3.05, 3.63) is 88.7 Å². The van der Waals surface area contributed by atoms with Crippen LogP contribution in [0.2, 0.25) is 0 Å². The van der Waals surface area contributed by atoms with Crippen LogP contribution in [0.1, 0.15) is 129 Å². The van der Waals surface area contributed by atoms with Crippen LogP contribution in [0.4, 0.5) is 23.2 Å². The molecule has 3 aromatic rings. The Hall–Kier alpha value is -7.41. The predicted octanol–water partition coefficient (Wildman–Crippen LogP) is 6.72. The fraction of sp³-hybridized carbons (Fsp3) is 0.554. The van der Waals surface area contributed by atoms with Gasteiger partial charge in [-0.2, -0.15) is 0 Å². The van der Waals surface area contributed by atoms with Crippen molar-refractivity contribution >= 4 is 55.0 Å². The Balaban J connectivity index is 1.16. The molecule has 25 heteroatoms. The van der Waals surface area contributed by atoms with E-state index in [2.05, 4.69) is 45.1 Å².